The standard InChI is InChI=1S/C46H86O4/c1-3-5-7-9-11-13-15-17-19-21-22-23-24-25-26-28-30-32-34-36-38-40-42-49-44-45(43-47)50-46(48)41-39-37-35-33-31-29-27-20-18-16-14-12-10-8-6-4-2/h14,16,20-22,27,45,47H,3-13,15,17-19,23-26,28-44H2,1-2H3/b16-14-,22-21-,27-20-. The van der Waals surface area contributed by atoms with E-state index in [9.17, 15) is 9.90 Å². The number of hydrogen-bond donors (Lipinski definition) is 1. The first-order valence-electron chi connectivity index (χ1n) is 22.1. The summed E-state index contributed by atoms with van der Waals surface area (Å²) in [6.45, 7) is 5.33. The highest BCUT2D eigenvalue weighted by molar-refractivity contribution is 5.69. The van der Waals surface area contributed by atoms with Crippen LogP contribution in [0.2, 0.25) is 0 Å². The van der Waals surface area contributed by atoms with Gasteiger partial charge in [-0.3, -0.25) is 4.79 Å². The molecule has 1 N–H and O–H groups in total. The van der Waals surface area contributed by atoms with Crippen LogP contribution in [0, 0.1) is 0 Å². The third kappa shape index (κ3) is 41.0. The number of ether oxygens (including phenoxy) is 2. The number of aliphatic hydroxyl groups excluding tert-OH is 1. The molecule has 0 aromatic carbocycles. The molecular weight excluding hydrogens is 617 g/mol. The van der Waals surface area contributed by atoms with Gasteiger partial charge in [-0.25, -0.2) is 0 Å². The Kier molecular flexibility index (Phi) is 42.6. The van der Waals surface area contributed by atoms with E-state index in [-0.39, 0.29) is 12.6 Å². The summed E-state index contributed by atoms with van der Waals surface area (Å²) in [6, 6.07) is 0. The van der Waals surface area contributed by atoms with Crippen molar-refractivity contribution < 1.29 is 19.4 Å². The van der Waals surface area contributed by atoms with E-state index in [1.807, 2.05) is 0 Å². The Labute approximate surface area is 312 Å². The molecule has 0 aromatic rings. The van der Waals surface area contributed by atoms with Crippen LogP contribution in [-0.2, 0) is 14.3 Å². The zero-order valence-corrected chi connectivity index (χ0v) is 33.7. The fourth-order valence-corrected chi connectivity index (χ4v) is 6.35. The van der Waals surface area contributed by atoms with E-state index in [1.54, 1.807) is 0 Å². The Morgan fingerprint density at radius 1 is 0.480 bits per heavy atom. The molecule has 50 heavy (non-hydrogen) atoms. The monoisotopic (exact) mass is 703 g/mol. The summed E-state index contributed by atoms with van der Waals surface area (Å²) in [5.74, 6) is -0.213. The van der Waals surface area contributed by atoms with Gasteiger partial charge in [0.2, 0.25) is 0 Å². The SMILES string of the molecule is CCCCCC/C=C\C/C=C\CCCCCCCC(=O)OC(CO)COCCCCCCCCCCCC/C=C\CCCCCCCCCC. The molecule has 0 bridgehead atoms. The topological polar surface area (TPSA) is 55.8 Å². The summed E-state index contributed by atoms with van der Waals surface area (Å²) < 4.78 is 11.2. The van der Waals surface area contributed by atoms with Crippen LogP contribution in [0.5, 0.6) is 0 Å². The number of hydrogen-bond acceptors (Lipinski definition) is 4. The molecule has 0 heterocycles. The highest BCUT2D eigenvalue weighted by Crippen LogP contribution is 2.14. The van der Waals surface area contributed by atoms with Gasteiger partial charge in [-0.1, -0.05) is 185 Å². The minimum Gasteiger partial charge on any atom is -0.457 e. The van der Waals surface area contributed by atoms with Crippen LogP contribution in [-0.4, -0.2) is 37.0 Å². The van der Waals surface area contributed by atoms with Crippen LogP contribution in [0.25, 0.3) is 0 Å². The molecule has 4 nitrogen and oxygen atoms in total. The number of carbonyl (C=O) groups excluding carboxylic acids is 1. The van der Waals surface area contributed by atoms with E-state index in [2.05, 4.69) is 50.3 Å². The normalized spacial score (nSPS) is 12.6. The van der Waals surface area contributed by atoms with Crippen LogP contribution >= 0.6 is 0 Å². The molecule has 0 aliphatic rings. The predicted molar refractivity (Wildman–Crippen MR) is 219 cm³/mol. The van der Waals surface area contributed by atoms with Crippen molar-refractivity contribution in [2.45, 2.75) is 232 Å². The average Bonchev–Trinajstić information content (AvgIpc) is 3.12. The summed E-state index contributed by atoms with van der Waals surface area (Å²) in [6.07, 6.45) is 54.9. The molecule has 0 aliphatic carbocycles. The molecule has 0 rings (SSSR count). The zero-order chi connectivity index (χ0) is 36.3. The van der Waals surface area contributed by atoms with E-state index in [0.29, 0.717) is 19.6 Å². The van der Waals surface area contributed by atoms with Crippen molar-refractivity contribution in [3.63, 3.8) is 0 Å². The highest BCUT2D eigenvalue weighted by atomic mass is 16.6. The number of allylic oxidation sites excluding steroid dienone is 6. The zero-order valence-electron chi connectivity index (χ0n) is 33.7. The van der Waals surface area contributed by atoms with E-state index in [4.69, 9.17) is 9.47 Å². The lowest BCUT2D eigenvalue weighted by Gasteiger charge is -2.15. The lowest BCUT2D eigenvalue weighted by molar-refractivity contribution is -0.154. The second kappa shape index (κ2) is 43.8. The van der Waals surface area contributed by atoms with Gasteiger partial charge in [0, 0.05) is 13.0 Å². The van der Waals surface area contributed by atoms with E-state index < -0.39 is 6.10 Å². The Morgan fingerprint density at radius 3 is 1.28 bits per heavy atom. The van der Waals surface area contributed by atoms with Gasteiger partial charge < -0.3 is 14.6 Å². The molecule has 0 radical (unpaired) electrons. The van der Waals surface area contributed by atoms with Crippen molar-refractivity contribution in [1.82, 2.24) is 0 Å². The van der Waals surface area contributed by atoms with Crippen molar-refractivity contribution in [3.8, 4) is 0 Å². The maximum atomic E-state index is 12.2. The molecule has 294 valence electrons. The third-order valence-corrected chi connectivity index (χ3v) is 9.69. The molecule has 1 unspecified atom stereocenters. The summed E-state index contributed by atoms with van der Waals surface area (Å²) >= 11 is 0. The molecule has 0 aliphatic heterocycles. The van der Waals surface area contributed by atoms with Crippen molar-refractivity contribution in [2.24, 2.45) is 0 Å². The minimum atomic E-state index is -0.541. The fourth-order valence-electron chi connectivity index (χ4n) is 6.35. The third-order valence-electron chi connectivity index (χ3n) is 9.69. The van der Waals surface area contributed by atoms with Gasteiger partial charge in [-0.05, 0) is 70.6 Å². The first-order valence-corrected chi connectivity index (χ1v) is 22.1. The molecular formula is C46H86O4. The lowest BCUT2D eigenvalue weighted by Crippen LogP contribution is -2.27. The van der Waals surface area contributed by atoms with Gasteiger partial charge >= 0.3 is 5.97 Å². The predicted octanol–water partition coefficient (Wildman–Crippen LogP) is 14.5. The Bertz CT molecular complexity index is 742. The molecule has 0 saturated heterocycles. The van der Waals surface area contributed by atoms with Gasteiger partial charge in [0.05, 0.1) is 13.2 Å². The van der Waals surface area contributed by atoms with E-state index >= 15 is 0 Å². The van der Waals surface area contributed by atoms with Gasteiger partial charge in [0.25, 0.3) is 0 Å². The number of unbranched alkanes of at least 4 members (excludes halogenated alkanes) is 27. The molecule has 0 spiro atoms. The largest absolute Gasteiger partial charge is 0.457 e. The van der Waals surface area contributed by atoms with Gasteiger partial charge in [0.15, 0.2) is 0 Å². The van der Waals surface area contributed by atoms with Crippen LogP contribution in [0.15, 0.2) is 36.5 Å². The molecule has 1 atom stereocenters. The van der Waals surface area contributed by atoms with Crippen molar-refractivity contribution in [1.29, 1.82) is 0 Å². The number of esters is 1. The first-order chi connectivity index (χ1) is 24.7. The van der Waals surface area contributed by atoms with Crippen molar-refractivity contribution in [3.05, 3.63) is 36.5 Å². The first kappa shape index (κ1) is 48.6. The maximum absolute atomic E-state index is 12.2. The van der Waals surface area contributed by atoms with Crippen LogP contribution in [0.4, 0.5) is 0 Å². The summed E-state index contributed by atoms with van der Waals surface area (Å²) in [7, 11) is 0. The summed E-state index contributed by atoms with van der Waals surface area (Å²) in [5.41, 5.74) is 0. The lowest BCUT2D eigenvalue weighted by atomic mass is 10.1. The molecule has 0 amide bonds. The Balaban J connectivity index is 3.42. The number of aliphatic hydroxyl groups is 1. The average molecular weight is 703 g/mol. The van der Waals surface area contributed by atoms with Gasteiger partial charge in [0.1, 0.15) is 6.10 Å². The number of carbonyl (C=O) groups is 1. The highest BCUT2D eigenvalue weighted by Gasteiger charge is 2.13. The summed E-state index contributed by atoms with van der Waals surface area (Å²) in [4.78, 5) is 12.2. The summed E-state index contributed by atoms with van der Waals surface area (Å²) in [5, 5.41) is 9.60. The van der Waals surface area contributed by atoms with Crippen LogP contribution in [0.1, 0.15) is 226 Å². The number of rotatable bonds is 41. The van der Waals surface area contributed by atoms with Gasteiger partial charge in [-0.15, -0.1) is 0 Å². The van der Waals surface area contributed by atoms with E-state index in [0.717, 1.165) is 38.5 Å². The second-order valence-electron chi connectivity index (χ2n) is 14.8. The van der Waals surface area contributed by atoms with Gasteiger partial charge in [-0.2, -0.15) is 0 Å². The second-order valence-corrected chi connectivity index (χ2v) is 14.8. The van der Waals surface area contributed by atoms with Crippen molar-refractivity contribution in [2.75, 3.05) is 19.8 Å². The van der Waals surface area contributed by atoms with Crippen LogP contribution < -0.4 is 0 Å². The Hall–Kier alpha value is -1.39. The van der Waals surface area contributed by atoms with E-state index in [1.165, 1.54) is 167 Å². The van der Waals surface area contributed by atoms with Crippen molar-refractivity contribution >= 4 is 5.97 Å². The maximum Gasteiger partial charge on any atom is 0.306 e. The Morgan fingerprint density at radius 2 is 0.840 bits per heavy atom. The minimum absolute atomic E-state index is 0.177. The molecule has 0 aromatic heterocycles. The smallest absolute Gasteiger partial charge is 0.306 e. The quantitative estimate of drug-likeness (QED) is 0.0391. The molecule has 4 heteroatoms. The molecule has 0 saturated carbocycles. The fraction of sp³-hybridized carbons (Fsp3) is 0.848. The molecule has 0 fully saturated rings. The van der Waals surface area contributed by atoms with Crippen LogP contribution in [0.3, 0.4) is 0 Å².